The van der Waals surface area contributed by atoms with Crippen molar-refractivity contribution in [2.75, 3.05) is 18.1 Å². The number of aliphatic carboxylic acids is 1. The Morgan fingerprint density at radius 1 is 1.19 bits per heavy atom. The zero-order chi connectivity index (χ0) is 26.5. The number of nitrogens with one attached hydrogen (secondary N) is 1. The number of carboxylic acid groups (broad SMARTS) is 1. The number of aryl methyl sites for hydroxylation is 2. The van der Waals surface area contributed by atoms with Gasteiger partial charge in [-0.05, 0) is 61.2 Å². The fourth-order valence-electron chi connectivity index (χ4n) is 4.12. The number of carboxylic acids is 1. The lowest BCUT2D eigenvalue weighted by Crippen LogP contribution is -2.29. The number of hydrogen-bond acceptors (Lipinski definition) is 5. The normalized spacial score (nSPS) is 16.2. The van der Waals surface area contributed by atoms with Crippen molar-refractivity contribution in [3.8, 4) is 5.75 Å². The third-order valence-electron chi connectivity index (χ3n) is 5.90. The molecule has 0 radical (unpaired) electrons. The Hall–Kier alpha value is -3.56. The van der Waals surface area contributed by atoms with Crippen LogP contribution in [0.5, 0.6) is 5.75 Å². The molecule has 7 nitrogen and oxygen atoms in total. The molecule has 0 fully saturated rings. The molecule has 2 aromatic carbocycles. The van der Waals surface area contributed by atoms with Gasteiger partial charge in [0.2, 0.25) is 0 Å². The van der Waals surface area contributed by atoms with Crippen molar-refractivity contribution in [3.05, 3.63) is 58.7 Å². The van der Waals surface area contributed by atoms with Gasteiger partial charge in [-0.25, -0.2) is 0 Å². The Kier molecular flexibility index (Phi) is 8.60. The van der Waals surface area contributed by atoms with Crippen LogP contribution in [0.1, 0.15) is 59.3 Å². The van der Waals surface area contributed by atoms with Crippen molar-refractivity contribution in [2.24, 2.45) is 11.0 Å². The largest absolute Gasteiger partial charge is 0.486 e. The first kappa shape index (κ1) is 27.0. The van der Waals surface area contributed by atoms with Gasteiger partial charge in [-0.1, -0.05) is 25.5 Å². The van der Waals surface area contributed by atoms with Gasteiger partial charge in [0.15, 0.2) is 0 Å². The van der Waals surface area contributed by atoms with Crippen molar-refractivity contribution in [1.82, 2.24) is 5.32 Å². The van der Waals surface area contributed by atoms with E-state index in [0.29, 0.717) is 23.4 Å². The molecular formula is C26H30F3N3O4. The molecule has 1 aliphatic heterocycles. The first-order valence-corrected chi connectivity index (χ1v) is 11.8. The molecule has 1 heterocycles. The van der Waals surface area contributed by atoms with Gasteiger partial charge in [0, 0.05) is 18.3 Å². The summed E-state index contributed by atoms with van der Waals surface area (Å²) in [5.41, 5.74) is 3.44. The summed E-state index contributed by atoms with van der Waals surface area (Å²) in [7, 11) is 0. The average molecular weight is 506 g/mol. The SMILES string of the molecule is CCC[C@@H](Oc1cc(C)c(N2CC(C(F)(F)F)C=N2)c(C)c1)c1ccc(C(=O)NCCC(=O)O)cc1. The molecule has 10 heteroatoms. The van der Waals surface area contributed by atoms with Crippen LogP contribution in [0.25, 0.3) is 0 Å². The zero-order valence-electron chi connectivity index (χ0n) is 20.4. The van der Waals surface area contributed by atoms with Crippen LogP contribution in [0.3, 0.4) is 0 Å². The van der Waals surface area contributed by atoms with Crippen LogP contribution < -0.4 is 15.1 Å². The number of hydrazone groups is 1. The highest BCUT2D eigenvalue weighted by Crippen LogP contribution is 2.37. The van der Waals surface area contributed by atoms with E-state index in [1.807, 2.05) is 20.8 Å². The standard InChI is InChI=1S/C26H30F3N3O4/c1-4-5-22(18-6-8-19(9-7-18)25(35)30-11-10-23(33)34)36-21-12-16(2)24(17(3)13-21)32-15-20(14-31-32)26(27,28)29/h6-9,12-14,20,22H,4-5,10-11,15H2,1-3H3,(H,30,35)(H,33,34)/t20?,22-/m1/s1. The second kappa shape index (κ2) is 11.5. The number of carbonyl (C=O) groups is 2. The van der Waals surface area contributed by atoms with Gasteiger partial charge in [0.1, 0.15) is 17.8 Å². The molecule has 0 spiro atoms. The van der Waals surface area contributed by atoms with E-state index in [4.69, 9.17) is 9.84 Å². The number of alkyl halides is 3. The first-order chi connectivity index (χ1) is 17.0. The van der Waals surface area contributed by atoms with Crippen LogP contribution >= 0.6 is 0 Å². The third-order valence-corrected chi connectivity index (χ3v) is 5.90. The zero-order valence-corrected chi connectivity index (χ0v) is 20.4. The lowest BCUT2D eigenvalue weighted by Gasteiger charge is -2.24. The van der Waals surface area contributed by atoms with Gasteiger partial charge in [-0.3, -0.25) is 14.6 Å². The number of ether oxygens (including phenoxy) is 1. The molecule has 194 valence electrons. The maximum Gasteiger partial charge on any atom is 0.398 e. The molecule has 0 saturated carbocycles. The molecule has 2 aromatic rings. The van der Waals surface area contributed by atoms with Gasteiger partial charge in [-0.2, -0.15) is 18.3 Å². The van der Waals surface area contributed by atoms with Crippen molar-refractivity contribution < 1.29 is 32.6 Å². The molecule has 0 aromatic heterocycles. The molecule has 0 saturated heterocycles. The third kappa shape index (κ3) is 6.77. The summed E-state index contributed by atoms with van der Waals surface area (Å²) in [4.78, 5) is 22.8. The number of nitrogens with zero attached hydrogens (tertiary/aromatic N) is 2. The molecule has 2 N–H and O–H groups in total. The maximum absolute atomic E-state index is 13.1. The smallest absolute Gasteiger partial charge is 0.398 e. The van der Waals surface area contributed by atoms with E-state index < -0.39 is 18.1 Å². The second-order valence-electron chi connectivity index (χ2n) is 8.82. The molecule has 0 aliphatic carbocycles. The minimum atomic E-state index is -4.33. The van der Waals surface area contributed by atoms with Gasteiger partial charge >= 0.3 is 12.1 Å². The number of carbonyl (C=O) groups excluding carboxylic acids is 1. The van der Waals surface area contributed by atoms with Crippen LogP contribution in [-0.2, 0) is 4.79 Å². The molecule has 1 aliphatic rings. The predicted octanol–water partition coefficient (Wildman–Crippen LogP) is 5.41. The van der Waals surface area contributed by atoms with Crippen LogP contribution in [-0.4, -0.2) is 42.5 Å². The predicted molar refractivity (Wildman–Crippen MR) is 131 cm³/mol. The van der Waals surface area contributed by atoms with Crippen LogP contribution in [0.15, 0.2) is 41.5 Å². The summed E-state index contributed by atoms with van der Waals surface area (Å²) < 4.78 is 45.5. The molecular weight excluding hydrogens is 475 g/mol. The number of amides is 1. The second-order valence-corrected chi connectivity index (χ2v) is 8.82. The minimum absolute atomic E-state index is 0.0474. The molecule has 2 atom stereocenters. The summed E-state index contributed by atoms with van der Waals surface area (Å²) >= 11 is 0. The number of anilines is 1. The van der Waals surface area contributed by atoms with E-state index in [1.54, 1.807) is 36.4 Å². The monoisotopic (exact) mass is 505 g/mol. The number of benzene rings is 2. The number of halogens is 3. The highest BCUT2D eigenvalue weighted by Gasteiger charge is 2.42. The van der Waals surface area contributed by atoms with Crippen molar-refractivity contribution in [2.45, 2.75) is 52.3 Å². The molecule has 36 heavy (non-hydrogen) atoms. The van der Waals surface area contributed by atoms with Gasteiger partial charge in [-0.15, -0.1) is 0 Å². The van der Waals surface area contributed by atoms with Crippen molar-refractivity contribution >= 4 is 23.8 Å². The summed E-state index contributed by atoms with van der Waals surface area (Å²) in [5, 5.41) is 16.6. The quantitative estimate of drug-likeness (QED) is 0.451. The maximum atomic E-state index is 13.1. The molecule has 1 unspecified atom stereocenters. The van der Waals surface area contributed by atoms with Crippen LogP contribution in [0, 0.1) is 19.8 Å². The lowest BCUT2D eigenvalue weighted by atomic mass is 10.0. The van der Waals surface area contributed by atoms with Crippen LogP contribution in [0.4, 0.5) is 18.9 Å². The fourth-order valence-corrected chi connectivity index (χ4v) is 4.12. The van der Waals surface area contributed by atoms with E-state index in [0.717, 1.165) is 29.3 Å². The van der Waals surface area contributed by atoms with E-state index in [2.05, 4.69) is 10.4 Å². The Morgan fingerprint density at radius 2 is 1.83 bits per heavy atom. The van der Waals surface area contributed by atoms with Gasteiger partial charge in [0.25, 0.3) is 5.91 Å². The highest BCUT2D eigenvalue weighted by molar-refractivity contribution is 5.94. The van der Waals surface area contributed by atoms with Gasteiger partial charge < -0.3 is 15.2 Å². The number of hydrogen-bond donors (Lipinski definition) is 2. The van der Waals surface area contributed by atoms with Crippen LogP contribution in [0.2, 0.25) is 0 Å². The summed E-state index contributed by atoms with van der Waals surface area (Å²) in [5.74, 6) is -2.33. The number of rotatable bonds is 10. The Labute approximate surface area is 207 Å². The van der Waals surface area contributed by atoms with E-state index in [9.17, 15) is 22.8 Å². The summed E-state index contributed by atoms with van der Waals surface area (Å²) in [6, 6.07) is 10.5. The first-order valence-electron chi connectivity index (χ1n) is 11.8. The lowest BCUT2D eigenvalue weighted by molar-refractivity contribution is -0.150. The fraction of sp³-hybridized carbons (Fsp3) is 0.423. The topological polar surface area (TPSA) is 91.2 Å². The summed E-state index contributed by atoms with van der Waals surface area (Å²) in [6.45, 7) is 5.46. The van der Waals surface area contributed by atoms with E-state index >= 15 is 0 Å². The Bertz CT molecular complexity index is 1090. The summed E-state index contributed by atoms with van der Waals surface area (Å²) in [6.07, 6.45) is -2.27. The molecule has 3 rings (SSSR count). The average Bonchev–Trinajstić information content (AvgIpc) is 3.28. The van der Waals surface area contributed by atoms with Gasteiger partial charge in [0.05, 0.1) is 18.7 Å². The van der Waals surface area contributed by atoms with E-state index in [-0.39, 0.29) is 31.5 Å². The van der Waals surface area contributed by atoms with Crippen molar-refractivity contribution in [1.29, 1.82) is 0 Å². The van der Waals surface area contributed by atoms with E-state index in [1.165, 1.54) is 5.01 Å². The molecule has 0 bridgehead atoms. The Morgan fingerprint density at radius 3 is 2.36 bits per heavy atom. The highest BCUT2D eigenvalue weighted by atomic mass is 19.4. The van der Waals surface area contributed by atoms with Crippen molar-refractivity contribution in [3.63, 3.8) is 0 Å². The Balaban J connectivity index is 1.72. The minimum Gasteiger partial charge on any atom is -0.486 e. The molecule has 1 amide bonds.